The summed E-state index contributed by atoms with van der Waals surface area (Å²) in [6.45, 7) is 0.980. The Hall–Kier alpha value is -3.15. The number of sulfonamides is 1. The maximum absolute atomic E-state index is 13.2. The number of anilines is 1. The van der Waals surface area contributed by atoms with Gasteiger partial charge in [-0.05, 0) is 30.5 Å². The van der Waals surface area contributed by atoms with E-state index < -0.39 is 22.6 Å². The van der Waals surface area contributed by atoms with E-state index in [9.17, 15) is 18.0 Å². The van der Waals surface area contributed by atoms with Crippen LogP contribution in [-0.4, -0.2) is 78.3 Å². The first-order chi connectivity index (χ1) is 16.9. The molecule has 1 fully saturated rings. The topological polar surface area (TPSA) is 112 Å². The summed E-state index contributed by atoms with van der Waals surface area (Å²) in [4.78, 5) is 27.4. The Morgan fingerprint density at radius 3 is 2.49 bits per heavy atom. The molecule has 0 saturated carbocycles. The van der Waals surface area contributed by atoms with Gasteiger partial charge in [-0.3, -0.25) is 4.79 Å². The summed E-state index contributed by atoms with van der Waals surface area (Å²) in [6, 6.07) is 10.1. The Labute approximate surface area is 204 Å². The van der Waals surface area contributed by atoms with Gasteiger partial charge < -0.3 is 23.8 Å². The van der Waals surface area contributed by atoms with E-state index in [1.54, 1.807) is 4.90 Å². The molecule has 2 aliphatic rings. The van der Waals surface area contributed by atoms with Gasteiger partial charge in [-0.25, -0.2) is 13.2 Å². The molecule has 2 heterocycles. The van der Waals surface area contributed by atoms with Gasteiger partial charge in [0, 0.05) is 31.4 Å². The Morgan fingerprint density at radius 1 is 1.03 bits per heavy atom. The average Bonchev–Trinajstić information content (AvgIpc) is 2.90. The highest BCUT2D eigenvalue weighted by molar-refractivity contribution is 7.89. The first-order valence-corrected chi connectivity index (χ1v) is 12.7. The van der Waals surface area contributed by atoms with Crippen LogP contribution in [0.4, 0.5) is 5.69 Å². The summed E-state index contributed by atoms with van der Waals surface area (Å²) >= 11 is 0. The van der Waals surface area contributed by atoms with Crippen molar-refractivity contribution < 1.29 is 37.0 Å². The molecule has 2 aromatic rings. The van der Waals surface area contributed by atoms with Gasteiger partial charge in [0.05, 0.1) is 32.3 Å². The standard InChI is InChI=1S/C24H28N2O8S/c1-31-21-15-18(35(29,30)25-10-12-33-13-11-25)14-19(23(21)32-2)24(28)34-16-22(27)26-9-5-7-17-6-3-4-8-20(17)26/h3-4,6,8,14-15H,5,7,9-13,16H2,1-2H3. The molecule has 1 amide bonds. The number of esters is 1. The zero-order valence-corrected chi connectivity index (χ0v) is 20.5. The van der Waals surface area contributed by atoms with Crippen molar-refractivity contribution in [1.82, 2.24) is 4.31 Å². The van der Waals surface area contributed by atoms with Crippen molar-refractivity contribution in [2.24, 2.45) is 0 Å². The summed E-state index contributed by atoms with van der Waals surface area (Å²) in [6.07, 6.45) is 1.68. The lowest BCUT2D eigenvalue weighted by Crippen LogP contribution is -2.40. The summed E-state index contributed by atoms with van der Waals surface area (Å²) in [5.41, 5.74) is 1.72. The molecule has 11 heteroatoms. The van der Waals surface area contributed by atoms with Crippen LogP contribution in [0.1, 0.15) is 22.3 Å². The number of rotatable bonds is 7. The molecule has 0 radical (unpaired) electrons. The molecule has 0 atom stereocenters. The van der Waals surface area contributed by atoms with Crippen LogP contribution in [0.25, 0.3) is 0 Å². The van der Waals surface area contributed by atoms with Crippen molar-refractivity contribution >= 4 is 27.6 Å². The van der Waals surface area contributed by atoms with Gasteiger partial charge in [0.25, 0.3) is 5.91 Å². The van der Waals surface area contributed by atoms with Crippen molar-refractivity contribution in [3.63, 3.8) is 0 Å². The highest BCUT2D eigenvalue weighted by atomic mass is 32.2. The number of nitrogens with zero attached hydrogens (tertiary/aromatic N) is 2. The smallest absolute Gasteiger partial charge is 0.342 e. The Kier molecular flexibility index (Phi) is 7.58. The summed E-state index contributed by atoms with van der Waals surface area (Å²) in [7, 11) is -1.25. The largest absolute Gasteiger partial charge is 0.493 e. The molecule has 0 bridgehead atoms. The van der Waals surface area contributed by atoms with Crippen LogP contribution in [0.15, 0.2) is 41.3 Å². The van der Waals surface area contributed by atoms with Gasteiger partial charge >= 0.3 is 5.97 Å². The van der Waals surface area contributed by atoms with Gasteiger partial charge in [-0.1, -0.05) is 18.2 Å². The summed E-state index contributed by atoms with van der Waals surface area (Å²) < 4.78 is 48.8. The fourth-order valence-corrected chi connectivity index (χ4v) is 5.70. The van der Waals surface area contributed by atoms with Crippen LogP contribution in [0.2, 0.25) is 0 Å². The minimum absolute atomic E-state index is 0.0224. The van der Waals surface area contributed by atoms with Crippen LogP contribution < -0.4 is 14.4 Å². The number of hydrogen-bond donors (Lipinski definition) is 0. The Balaban J connectivity index is 1.57. The first-order valence-electron chi connectivity index (χ1n) is 11.3. The van der Waals surface area contributed by atoms with E-state index in [-0.39, 0.29) is 54.2 Å². The van der Waals surface area contributed by atoms with Gasteiger partial charge in [0.1, 0.15) is 5.56 Å². The van der Waals surface area contributed by atoms with Gasteiger partial charge in [0.15, 0.2) is 18.1 Å². The van der Waals surface area contributed by atoms with Crippen molar-refractivity contribution in [3.05, 3.63) is 47.5 Å². The predicted octanol–water partition coefficient (Wildman–Crippen LogP) is 1.86. The van der Waals surface area contributed by atoms with Crippen molar-refractivity contribution in [2.75, 3.05) is 58.6 Å². The van der Waals surface area contributed by atoms with Crippen LogP contribution >= 0.6 is 0 Å². The number of ether oxygens (including phenoxy) is 4. The third-order valence-electron chi connectivity index (χ3n) is 6.02. The number of aryl methyl sites for hydroxylation is 1. The molecular weight excluding hydrogens is 476 g/mol. The zero-order valence-electron chi connectivity index (χ0n) is 19.7. The van der Waals surface area contributed by atoms with E-state index >= 15 is 0 Å². The number of hydrogen-bond acceptors (Lipinski definition) is 8. The average molecular weight is 505 g/mol. The van der Waals surface area contributed by atoms with Crippen LogP contribution in [0.3, 0.4) is 0 Å². The third kappa shape index (κ3) is 5.12. The number of methoxy groups -OCH3 is 2. The molecule has 10 nitrogen and oxygen atoms in total. The second kappa shape index (κ2) is 10.6. The molecule has 35 heavy (non-hydrogen) atoms. The zero-order chi connectivity index (χ0) is 25.0. The summed E-state index contributed by atoms with van der Waals surface area (Å²) in [5, 5.41) is 0. The minimum atomic E-state index is -3.92. The molecular formula is C24H28N2O8S. The summed E-state index contributed by atoms with van der Waals surface area (Å²) in [5.74, 6) is -1.18. The lowest BCUT2D eigenvalue weighted by molar-refractivity contribution is -0.121. The van der Waals surface area contributed by atoms with Crippen LogP contribution in [0, 0.1) is 0 Å². The fraction of sp³-hybridized carbons (Fsp3) is 0.417. The van der Waals surface area contributed by atoms with Crippen molar-refractivity contribution in [1.29, 1.82) is 0 Å². The number of carbonyl (C=O) groups excluding carboxylic acids is 2. The van der Waals surface area contributed by atoms with E-state index in [0.717, 1.165) is 24.1 Å². The first kappa shape index (κ1) is 25.0. The second-order valence-electron chi connectivity index (χ2n) is 8.08. The molecule has 2 aliphatic heterocycles. The van der Waals surface area contributed by atoms with E-state index in [1.165, 1.54) is 30.7 Å². The molecule has 0 N–H and O–H groups in total. The normalized spacial score (nSPS) is 16.3. The molecule has 2 aromatic carbocycles. The van der Waals surface area contributed by atoms with E-state index in [4.69, 9.17) is 18.9 Å². The van der Waals surface area contributed by atoms with Crippen LogP contribution in [-0.2, 0) is 30.7 Å². The van der Waals surface area contributed by atoms with Gasteiger partial charge in [0.2, 0.25) is 10.0 Å². The molecule has 1 saturated heterocycles. The number of para-hydroxylation sites is 1. The maximum atomic E-state index is 13.2. The van der Waals surface area contributed by atoms with Crippen molar-refractivity contribution in [2.45, 2.75) is 17.7 Å². The quantitative estimate of drug-likeness (QED) is 0.526. The SMILES string of the molecule is COc1cc(S(=O)(=O)N2CCOCC2)cc(C(=O)OCC(=O)N2CCCc3ccccc32)c1OC. The van der Waals surface area contributed by atoms with E-state index in [2.05, 4.69) is 0 Å². The molecule has 0 unspecified atom stereocenters. The predicted molar refractivity (Wildman–Crippen MR) is 127 cm³/mol. The van der Waals surface area contributed by atoms with Crippen molar-refractivity contribution in [3.8, 4) is 11.5 Å². The van der Waals surface area contributed by atoms with Crippen LogP contribution in [0.5, 0.6) is 11.5 Å². The number of morpholine rings is 1. The van der Waals surface area contributed by atoms with Gasteiger partial charge in [-0.15, -0.1) is 0 Å². The lowest BCUT2D eigenvalue weighted by atomic mass is 10.0. The minimum Gasteiger partial charge on any atom is -0.493 e. The van der Waals surface area contributed by atoms with E-state index in [1.807, 2.05) is 24.3 Å². The third-order valence-corrected chi connectivity index (χ3v) is 7.89. The second-order valence-corrected chi connectivity index (χ2v) is 10.0. The molecule has 0 aromatic heterocycles. The number of fused-ring (bicyclic) bond motifs is 1. The molecule has 4 rings (SSSR count). The monoisotopic (exact) mass is 504 g/mol. The number of amides is 1. The Bertz CT molecular complexity index is 1210. The van der Waals surface area contributed by atoms with Gasteiger partial charge in [-0.2, -0.15) is 4.31 Å². The highest BCUT2D eigenvalue weighted by Gasteiger charge is 2.31. The molecule has 188 valence electrons. The number of benzene rings is 2. The molecule has 0 aliphatic carbocycles. The fourth-order valence-electron chi connectivity index (χ4n) is 4.25. The lowest BCUT2D eigenvalue weighted by Gasteiger charge is -2.29. The van der Waals surface area contributed by atoms with E-state index in [0.29, 0.717) is 6.54 Å². The highest BCUT2D eigenvalue weighted by Crippen LogP contribution is 2.36. The Morgan fingerprint density at radius 2 is 1.77 bits per heavy atom. The maximum Gasteiger partial charge on any atom is 0.342 e. The molecule has 0 spiro atoms. The number of carbonyl (C=O) groups is 2.